The fourth-order valence-electron chi connectivity index (χ4n) is 1.01. The summed E-state index contributed by atoms with van der Waals surface area (Å²) < 4.78 is 2.84. The van der Waals surface area contributed by atoms with Crippen molar-refractivity contribution in [1.82, 2.24) is 3.19 Å². The zero-order chi connectivity index (χ0) is 8.58. The quantitative estimate of drug-likeness (QED) is 0.652. The molecule has 0 saturated carbocycles. The molecular weight excluding hydrogens is 215 g/mol. The Morgan fingerprint density at radius 2 is 1.00 bits per heavy atom. The van der Waals surface area contributed by atoms with Crippen molar-refractivity contribution in [3.63, 3.8) is 0 Å². The van der Waals surface area contributed by atoms with Gasteiger partial charge in [0.15, 0.2) is 0 Å². The van der Waals surface area contributed by atoms with Crippen molar-refractivity contribution >= 4 is 33.2 Å². The van der Waals surface area contributed by atoms with Gasteiger partial charge in [-0.05, 0) is 0 Å². The van der Waals surface area contributed by atoms with Crippen molar-refractivity contribution < 1.29 is 0 Å². The van der Waals surface area contributed by atoms with Crippen LogP contribution in [0.3, 0.4) is 0 Å². The van der Waals surface area contributed by atoms with Crippen LogP contribution in [0.1, 0.15) is 0 Å². The first-order valence-corrected chi connectivity index (χ1v) is 12.7. The molecule has 0 heterocycles. The van der Waals surface area contributed by atoms with Crippen LogP contribution in [-0.2, 0) is 0 Å². The zero-order valence-electron chi connectivity index (χ0n) is 8.45. The third-order valence-electron chi connectivity index (χ3n) is 2.01. The molecule has 0 radical (unpaired) electrons. The topological polar surface area (TPSA) is 3.24 Å². The first-order valence-electron chi connectivity index (χ1n) is 3.89. The van der Waals surface area contributed by atoms with Gasteiger partial charge in [0.25, 0.3) is 0 Å². The molecule has 0 aliphatic heterocycles. The number of hydrogen-bond acceptors (Lipinski definition) is 1. The van der Waals surface area contributed by atoms with Gasteiger partial charge in [-0.3, -0.25) is 0 Å². The molecule has 0 N–H and O–H groups in total. The third kappa shape index (κ3) is 3.36. The van der Waals surface area contributed by atoms with Crippen LogP contribution in [0.2, 0.25) is 39.3 Å². The summed E-state index contributed by atoms with van der Waals surface area (Å²) in [5, 5.41) is 0. The van der Waals surface area contributed by atoms with Crippen molar-refractivity contribution in [3.05, 3.63) is 0 Å². The van der Waals surface area contributed by atoms with Crippen molar-refractivity contribution in [3.8, 4) is 0 Å². The summed E-state index contributed by atoms with van der Waals surface area (Å²) in [7, 11) is -1.84. The molecule has 0 spiro atoms. The molecule has 62 valence electrons. The van der Waals surface area contributed by atoms with Gasteiger partial charge in [-0.25, -0.2) is 0 Å². The molecule has 0 aromatic rings. The maximum absolute atomic E-state index is 2.84. The van der Waals surface area contributed by atoms with E-state index in [1.54, 1.807) is 0 Å². The van der Waals surface area contributed by atoms with Crippen LogP contribution in [0, 0.1) is 0 Å². The Bertz CT molecular complexity index is 99.9. The van der Waals surface area contributed by atoms with Gasteiger partial charge < -0.3 is 0 Å². The monoisotopic (exact) mass is 237 g/mol. The van der Waals surface area contributed by atoms with E-state index in [1.165, 1.54) is 0 Å². The van der Waals surface area contributed by atoms with Gasteiger partial charge in [0, 0.05) is 0 Å². The van der Waals surface area contributed by atoms with E-state index in [1.807, 2.05) is 0 Å². The van der Waals surface area contributed by atoms with Gasteiger partial charge in [0.2, 0.25) is 0 Å². The van der Waals surface area contributed by atoms with E-state index in [9.17, 15) is 0 Å². The second kappa shape index (κ2) is 3.12. The third-order valence-corrected chi connectivity index (χ3v) is 27.0. The molecule has 0 atom stereocenters. The van der Waals surface area contributed by atoms with E-state index in [4.69, 9.17) is 0 Å². The molecule has 0 aromatic carbocycles. The van der Waals surface area contributed by atoms with Crippen LogP contribution in [0.5, 0.6) is 0 Å². The second-order valence-electron chi connectivity index (χ2n) is 4.90. The molecule has 4 heteroatoms. The first-order chi connectivity index (χ1) is 4.15. The zero-order valence-corrected chi connectivity index (χ0v) is 14.6. The van der Waals surface area contributed by atoms with Gasteiger partial charge in [-0.15, -0.1) is 0 Å². The van der Waals surface area contributed by atoms with E-state index in [-0.39, 0.29) is 0 Å². The molecule has 10 heavy (non-hydrogen) atoms. The van der Waals surface area contributed by atoms with E-state index in [0.717, 1.165) is 16.7 Å². The summed E-state index contributed by atoms with van der Waals surface area (Å²) in [4.78, 5) is 0. The van der Waals surface area contributed by atoms with Crippen LogP contribution in [0.4, 0.5) is 0 Å². The summed E-state index contributed by atoms with van der Waals surface area (Å²) >= 11 is 0.905. The molecule has 0 aromatic heterocycles. The standard InChI is InChI=1S/C6H21GeNSi2/c1-9(2,3)8(7)10(4,5)6/h1-7H3. The predicted molar refractivity (Wildman–Crippen MR) is 58.5 cm³/mol. The Kier molecular flexibility index (Phi) is 3.42. The first kappa shape index (κ1) is 10.9. The average Bonchev–Trinajstić information content (AvgIpc) is 1.59. The minimum absolute atomic E-state index is 0.905. The molecule has 0 bridgehead atoms. The molecule has 1 nitrogen and oxygen atoms in total. The second-order valence-corrected chi connectivity index (χ2v) is 21.0. The van der Waals surface area contributed by atoms with Gasteiger partial charge in [-0.1, -0.05) is 0 Å². The summed E-state index contributed by atoms with van der Waals surface area (Å²) in [6.07, 6.45) is 0. The Balaban J connectivity index is 4.23. The average molecular weight is 236 g/mol. The van der Waals surface area contributed by atoms with Gasteiger partial charge in [-0.2, -0.15) is 0 Å². The van der Waals surface area contributed by atoms with Gasteiger partial charge in [0.1, 0.15) is 0 Å². The van der Waals surface area contributed by atoms with Crippen molar-refractivity contribution in [1.29, 1.82) is 0 Å². The van der Waals surface area contributed by atoms with E-state index < -0.39 is 16.5 Å². The molecule has 0 rings (SSSR count). The van der Waals surface area contributed by atoms with E-state index in [0.29, 0.717) is 0 Å². The molecule has 0 amide bonds. The summed E-state index contributed by atoms with van der Waals surface area (Å²) in [5.74, 6) is 0. The minimum atomic E-state index is -0.918. The summed E-state index contributed by atoms with van der Waals surface area (Å²) in [5.41, 5.74) is 0. The molecule has 0 saturated heterocycles. The number of rotatable bonds is 2. The molecule has 0 fully saturated rings. The fraction of sp³-hybridized carbons (Fsp3) is 1.00. The van der Waals surface area contributed by atoms with Crippen LogP contribution < -0.4 is 0 Å². The summed E-state index contributed by atoms with van der Waals surface area (Å²) in [6.45, 7) is 14.7. The van der Waals surface area contributed by atoms with Crippen molar-refractivity contribution in [2.75, 3.05) is 0 Å². The van der Waals surface area contributed by atoms with Crippen LogP contribution in [0.25, 0.3) is 0 Å². The van der Waals surface area contributed by atoms with E-state index in [2.05, 4.69) is 42.5 Å². The number of hydrogen-bond donors (Lipinski definition) is 0. The van der Waals surface area contributed by atoms with Crippen molar-refractivity contribution in [2.24, 2.45) is 0 Å². The fourth-order valence-corrected chi connectivity index (χ4v) is 9.06. The normalized spacial score (nSPS) is 14.7. The summed E-state index contributed by atoms with van der Waals surface area (Å²) in [6, 6.07) is 0. The van der Waals surface area contributed by atoms with E-state index >= 15 is 0 Å². The molecule has 0 aliphatic rings. The Morgan fingerprint density at radius 1 is 0.800 bits per heavy atom. The Hall–Kier alpha value is 0.937. The Labute approximate surface area is 75.8 Å². The SMILES string of the molecule is C[Si](C)(C)[N]([GeH3])[Si](C)(C)C. The van der Waals surface area contributed by atoms with Crippen LogP contribution in [0.15, 0.2) is 0 Å². The Morgan fingerprint density at radius 3 is 1.00 bits per heavy atom. The molecular formula is C6H21GeNSi2. The van der Waals surface area contributed by atoms with Gasteiger partial charge in [0.05, 0.1) is 0 Å². The van der Waals surface area contributed by atoms with Gasteiger partial charge >= 0.3 is 75.7 Å². The maximum atomic E-state index is 2.84. The van der Waals surface area contributed by atoms with Crippen molar-refractivity contribution in [2.45, 2.75) is 39.3 Å². The van der Waals surface area contributed by atoms with Crippen LogP contribution >= 0.6 is 0 Å². The predicted octanol–water partition coefficient (Wildman–Crippen LogP) is 1.24. The van der Waals surface area contributed by atoms with Crippen LogP contribution in [-0.4, -0.2) is 36.4 Å². The number of nitrogens with zero attached hydrogens (tertiary/aromatic N) is 1. The molecule has 0 unspecified atom stereocenters. The molecule has 0 aliphatic carbocycles.